The average Bonchev–Trinajstić information content (AvgIpc) is 2.90. The van der Waals surface area contributed by atoms with Crippen LogP contribution in [-0.4, -0.2) is 43.9 Å². The Kier molecular flexibility index (Phi) is 2.70. The second-order valence-corrected chi connectivity index (χ2v) is 6.88. The number of nitrogens with one attached hydrogen (secondary N) is 2. The van der Waals surface area contributed by atoms with E-state index in [1.165, 1.54) is 6.42 Å². The van der Waals surface area contributed by atoms with Crippen LogP contribution in [0.2, 0.25) is 0 Å². The molecule has 6 heteroatoms. The van der Waals surface area contributed by atoms with E-state index in [9.17, 15) is 8.42 Å². The van der Waals surface area contributed by atoms with Gasteiger partial charge in [-0.05, 0) is 32.1 Å². The molecule has 16 heavy (non-hydrogen) atoms. The number of fused-ring (bicyclic) bond motifs is 2. The lowest BCUT2D eigenvalue weighted by Crippen LogP contribution is -2.45. The monoisotopic (exact) mass is 245 g/mol. The molecule has 1 aliphatic carbocycles. The van der Waals surface area contributed by atoms with Crippen molar-refractivity contribution in [1.82, 2.24) is 14.3 Å². The first-order valence-corrected chi connectivity index (χ1v) is 7.61. The topological polar surface area (TPSA) is 61.4 Å². The van der Waals surface area contributed by atoms with E-state index >= 15 is 0 Å². The molecule has 2 saturated heterocycles. The van der Waals surface area contributed by atoms with Gasteiger partial charge in [0.1, 0.15) is 0 Å². The Hall–Kier alpha value is -0.170. The van der Waals surface area contributed by atoms with Crippen LogP contribution in [0.4, 0.5) is 0 Å². The van der Waals surface area contributed by atoms with E-state index in [4.69, 9.17) is 0 Å². The third-order valence-corrected chi connectivity index (χ3v) is 5.36. The molecule has 5 nitrogen and oxygen atoms in total. The Labute approximate surface area is 96.8 Å². The molecule has 0 spiro atoms. The Morgan fingerprint density at radius 1 is 1.06 bits per heavy atom. The summed E-state index contributed by atoms with van der Waals surface area (Å²) in [6.45, 7) is 1.30. The molecule has 0 amide bonds. The highest BCUT2D eigenvalue weighted by Crippen LogP contribution is 2.24. The summed E-state index contributed by atoms with van der Waals surface area (Å²) in [5.74, 6) is 0. The van der Waals surface area contributed by atoms with Crippen molar-refractivity contribution in [2.75, 3.05) is 13.1 Å². The van der Waals surface area contributed by atoms with Gasteiger partial charge in [0, 0.05) is 31.2 Å². The Balaban J connectivity index is 1.69. The van der Waals surface area contributed by atoms with Crippen LogP contribution < -0.4 is 10.0 Å². The van der Waals surface area contributed by atoms with Crippen molar-refractivity contribution in [2.45, 2.75) is 50.2 Å². The van der Waals surface area contributed by atoms with Gasteiger partial charge in [0.2, 0.25) is 0 Å². The average molecular weight is 245 g/mol. The van der Waals surface area contributed by atoms with Gasteiger partial charge in [-0.3, -0.25) is 0 Å². The molecule has 0 radical (unpaired) electrons. The summed E-state index contributed by atoms with van der Waals surface area (Å²) in [6, 6.07) is 1.10. The van der Waals surface area contributed by atoms with Gasteiger partial charge in [-0.1, -0.05) is 0 Å². The highest BCUT2D eigenvalue weighted by molar-refractivity contribution is 7.87. The fraction of sp³-hybridized carbons (Fsp3) is 1.00. The van der Waals surface area contributed by atoms with E-state index in [0.717, 1.165) is 25.7 Å². The summed E-state index contributed by atoms with van der Waals surface area (Å²) >= 11 is 0. The summed E-state index contributed by atoms with van der Waals surface area (Å²) in [5, 5.41) is 3.49. The first-order chi connectivity index (χ1) is 7.63. The van der Waals surface area contributed by atoms with Crippen LogP contribution in [0.3, 0.4) is 0 Å². The van der Waals surface area contributed by atoms with Crippen LogP contribution in [0.25, 0.3) is 0 Å². The minimum Gasteiger partial charge on any atom is -0.310 e. The van der Waals surface area contributed by atoms with Crippen molar-refractivity contribution in [3.63, 3.8) is 0 Å². The molecular weight excluding hydrogens is 226 g/mol. The fourth-order valence-electron chi connectivity index (χ4n) is 2.62. The first-order valence-electron chi connectivity index (χ1n) is 6.17. The lowest BCUT2D eigenvalue weighted by atomic mass is 10.1. The van der Waals surface area contributed by atoms with Crippen molar-refractivity contribution < 1.29 is 8.42 Å². The summed E-state index contributed by atoms with van der Waals surface area (Å²) in [4.78, 5) is 0. The molecule has 3 rings (SSSR count). The maximum Gasteiger partial charge on any atom is 0.279 e. The molecule has 0 aromatic heterocycles. The van der Waals surface area contributed by atoms with E-state index in [2.05, 4.69) is 10.0 Å². The van der Waals surface area contributed by atoms with Crippen LogP contribution in [0.5, 0.6) is 0 Å². The summed E-state index contributed by atoms with van der Waals surface area (Å²) < 4.78 is 28.5. The molecule has 2 aliphatic heterocycles. The van der Waals surface area contributed by atoms with Gasteiger partial charge in [0.15, 0.2) is 0 Å². The van der Waals surface area contributed by atoms with Crippen LogP contribution >= 0.6 is 0 Å². The molecule has 2 atom stereocenters. The maximum absolute atomic E-state index is 12.1. The highest BCUT2D eigenvalue weighted by Gasteiger charge is 2.36. The molecule has 3 aliphatic rings. The molecule has 2 unspecified atom stereocenters. The Morgan fingerprint density at radius 3 is 2.56 bits per heavy atom. The second-order valence-electron chi connectivity index (χ2n) is 5.18. The molecule has 2 bridgehead atoms. The van der Waals surface area contributed by atoms with Crippen molar-refractivity contribution in [3.8, 4) is 0 Å². The predicted molar refractivity (Wildman–Crippen MR) is 61.2 cm³/mol. The normalized spacial score (nSPS) is 36.2. The van der Waals surface area contributed by atoms with E-state index in [0.29, 0.717) is 25.2 Å². The smallest absolute Gasteiger partial charge is 0.279 e. The van der Waals surface area contributed by atoms with Crippen LogP contribution in [-0.2, 0) is 10.2 Å². The molecule has 92 valence electrons. The van der Waals surface area contributed by atoms with E-state index in [-0.39, 0.29) is 6.04 Å². The highest BCUT2D eigenvalue weighted by atomic mass is 32.2. The standard InChI is InChI=1S/C10H19N3O2S/c14-16(15,12-9-2-3-9)13-6-5-8-1-4-10(7-13)11-8/h8-12H,1-7H2. The molecule has 0 aromatic rings. The summed E-state index contributed by atoms with van der Waals surface area (Å²) in [5.41, 5.74) is 0. The van der Waals surface area contributed by atoms with Gasteiger partial charge in [0.05, 0.1) is 0 Å². The van der Waals surface area contributed by atoms with Gasteiger partial charge < -0.3 is 5.32 Å². The van der Waals surface area contributed by atoms with Gasteiger partial charge in [-0.2, -0.15) is 17.4 Å². The lowest BCUT2D eigenvalue weighted by molar-refractivity contribution is 0.377. The van der Waals surface area contributed by atoms with Gasteiger partial charge in [0.25, 0.3) is 10.2 Å². The second kappa shape index (κ2) is 3.94. The predicted octanol–water partition coefficient (Wildman–Crippen LogP) is -0.190. The van der Waals surface area contributed by atoms with Gasteiger partial charge >= 0.3 is 0 Å². The Bertz CT molecular complexity index is 366. The minimum absolute atomic E-state index is 0.207. The number of hydrogen-bond donors (Lipinski definition) is 2. The van der Waals surface area contributed by atoms with Crippen molar-refractivity contribution in [1.29, 1.82) is 0 Å². The maximum atomic E-state index is 12.1. The zero-order chi connectivity index (χ0) is 11.2. The fourth-order valence-corrected chi connectivity index (χ4v) is 4.14. The zero-order valence-electron chi connectivity index (χ0n) is 9.35. The van der Waals surface area contributed by atoms with E-state index < -0.39 is 10.2 Å². The molecule has 2 heterocycles. The third kappa shape index (κ3) is 2.25. The Morgan fingerprint density at radius 2 is 1.81 bits per heavy atom. The number of hydrogen-bond acceptors (Lipinski definition) is 3. The largest absolute Gasteiger partial charge is 0.310 e. The summed E-state index contributed by atoms with van der Waals surface area (Å²) in [6.07, 6.45) is 5.26. The summed E-state index contributed by atoms with van der Waals surface area (Å²) in [7, 11) is -3.22. The van der Waals surface area contributed by atoms with E-state index in [1.807, 2.05) is 0 Å². The zero-order valence-corrected chi connectivity index (χ0v) is 10.2. The quantitative estimate of drug-likeness (QED) is 0.724. The molecule has 1 saturated carbocycles. The van der Waals surface area contributed by atoms with Crippen molar-refractivity contribution in [2.24, 2.45) is 0 Å². The van der Waals surface area contributed by atoms with Crippen LogP contribution in [0.15, 0.2) is 0 Å². The molecule has 3 fully saturated rings. The first kappa shape index (κ1) is 11.0. The van der Waals surface area contributed by atoms with Gasteiger partial charge in [-0.15, -0.1) is 0 Å². The molecule has 2 N–H and O–H groups in total. The molecular formula is C10H19N3O2S. The third-order valence-electron chi connectivity index (χ3n) is 3.72. The number of rotatable bonds is 3. The number of nitrogens with zero attached hydrogens (tertiary/aromatic N) is 1. The SMILES string of the molecule is O=S(=O)(NC1CC1)N1CCC2CCC(C1)N2. The van der Waals surface area contributed by atoms with Crippen molar-refractivity contribution in [3.05, 3.63) is 0 Å². The van der Waals surface area contributed by atoms with Gasteiger partial charge in [-0.25, -0.2) is 0 Å². The minimum atomic E-state index is -3.22. The van der Waals surface area contributed by atoms with Crippen molar-refractivity contribution >= 4 is 10.2 Å². The molecule has 0 aromatic carbocycles. The van der Waals surface area contributed by atoms with E-state index in [1.54, 1.807) is 4.31 Å². The van der Waals surface area contributed by atoms with Crippen LogP contribution in [0.1, 0.15) is 32.1 Å². The van der Waals surface area contributed by atoms with Crippen LogP contribution in [0, 0.1) is 0 Å². The lowest BCUT2D eigenvalue weighted by Gasteiger charge is -2.23.